The van der Waals surface area contributed by atoms with E-state index in [1.165, 1.54) is 69.8 Å². The van der Waals surface area contributed by atoms with E-state index in [0.29, 0.717) is 0 Å². The van der Waals surface area contributed by atoms with Gasteiger partial charge >= 0.3 is 268 Å². The fourth-order valence-electron chi connectivity index (χ4n) is 8.47. The van der Waals surface area contributed by atoms with E-state index in [-0.39, 0.29) is 35.6 Å². The van der Waals surface area contributed by atoms with Crippen LogP contribution in [-0.2, 0) is 37.6 Å². The van der Waals surface area contributed by atoms with Crippen LogP contribution in [0.5, 0.6) is 0 Å². The predicted octanol–water partition coefficient (Wildman–Crippen LogP) is 5.39. The fourth-order valence-corrected chi connectivity index (χ4v) is 34.7. The zero-order valence-corrected chi connectivity index (χ0v) is 33.4. The molecular formula is C40H56Cl2SiZr. The molecule has 4 aliphatic rings. The first kappa shape index (κ1) is 36.4. The minimum Gasteiger partial charge on any atom is -1.00 e. The van der Waals surface area contributed by atoms with Gasteiger partial charge in [0, 0.05) is 0 Å². The van der Waals surface area contributed by atoms with E-state index in [4.69, 9.17) is 0 Å². The van der Waals surface area contributed by atoms with E-state index in [1.807, 2.05) is 6.55 Å². The van der Waals surface area contributed by atoms with Gasteiger partial charge in [0.25, 0.3) is 0 Å². The summed E-state index contributed by atoms with van der Waals surface area (Å²) in [5.41, 5.74) is 11.6. The summed E-state index contributed by atoms with van der Waals surface area (Å²) in [5, 5.41) is 0. The number of hydrogen-bond donors (Lipinski definition) is 0. The van der Waals surface area contributed by atoms with Crippen molar-refractivity contribution in [1.29, 1.82) is 0 Å². The molecule has 44 heavy (non-hydrogen) atoms. The van der Waals surface area contributed by atoms with Gasteiger partial charge in [0.05, 0.1) is 0 Å². The molecule has 0 atom stereocenters. The molecule has 2 aromatic rings. The van der Waals surface area contributed by atoms with E-state index in [2.05, 4.69) is 90.1 Å². The number of hydrogen-bond acceptors (Lipinski definition) is 0. The average Bonchev–Trinajstić information content (AvgIpc) is 3.40. The topological polar surface area (TPSA) is 0 Å². The minimum absolute atomic E-state index is 0. The molecule has 4 aliphatic carbocycles. The molecule has 0 amide bonds. The molecule has 4 heteroatoms. The van der Waals surface area contributed by atoms with Crippen molar-refractivity contribution in [2.45, 2.75) is 153 Å². The van der Waals surface area contributed by atoms with Crippen LogP contribution in [0.4, 0.5) is 0 Å². The van der Waals surface area contributed by atoms with Crippen molar-refractivity contribution in [3.05, 3.63) is 74.1 Å². The zero-order chi connectivity index (χ0) is 29.5. The molecule has 0 radical (unpaired) electrons. The molecule has 0 bridgehead atoms. The van der Waals surface area contributed by atoms with Crippen LogP contribution in [0.1, 0.15) is 147 Å². The van der Waals surface area contributed by atoms with Crippen LogP contribution in [0, 0.1) is 0 Å². The van der Waals surface area contributed by atoms with Gasteiger partial charge in [0.1, 0.15) is 0 Å². The SMILES string of the molecule is CC(C)(C)c1ccc2c(c1)-c1cc(C(C)(C)C)c[c]([Zr+2]([C]3=CC=CC3)=[Si](C3CCCCCC3)C3CCCCCC3)c1C2.[Cl-].[Cl-]. The van der Waals surface area contributed by atoms with Crippen LogP contribution in [-0.4, -0.2) is 5.43 Å². The van der Waals surface area contributed by atoms with Crippen LogP contribution < -0.4 is 28.1 Å². The minimum atomic E-state index is -2.21. The summed E-state index contributed by atoms with van der Waals surface area (Å²) in [4.78, 5) is 0. The molecule has 0 unspecified atom stereocenters. The smallest absolute Gasteiger partial charge is 1.00 e. The van der Waals surface area contributed by atoms with Crippen molar-refractivity contribution in [1.82, 2.24) is 0 Å². The third-order valence-electron chi connectivity index (χ3n) is 11.0. The Hall–Kier alpha value is -0.400. The first-order valence-electron chi connectivity index (χ1n) is 17.5. The maximum Gasteiger partial charge on any atom is -1.00 e. The summed E-state index contributed by atoms with van der Waals surface area (Å²) >= 11 is -2.21. The van der Waals surface area contributed by atoms with E-state index in [9.17, 15) is 0 Å². The Labute approximate surface area is 290 Å². The summed E-state index contributed by atoms with van der Waals surface area (Å²) in [6.07, 6.45) is 28.2. The van der Waals surface area contributed by atoms with E-state index < -0.39 is 25.8 Å². The van der Waals surface area contributed by atoms with Crippen LogP contribution in [0.3, 0.4) is 0 Å². The summed E-state index contributed by atoms with van der Waals surface area (Å²) in [5.74, 6) is 0. The third kappa shape index (κ3) is 7.83. The summed E-state index contributed by atoms with van der Waals surface area (Å²) in [6.45, 7) is 14.5. The second-order valence-corrected chi connectivity index (χ2v) is 30.6. The quantitative estimate of drug-likeness (QED) is 0.250. The molecule has 0 aromatic heterocycles. The molecule has 2 aromatic carbocycles. The van der Waals surface area contributed by atoms with Gasteiger partial charge in [-0.05, 0) is 0 Å². The predicted molar refractivity (Wildman–Crippen MR) is 182 cm³/mol. The van der Waals surface area contributed by atoms with Crippen molar-refractivity contribution in [2.75, 3.05) is 0 Å². The van der Waals surface area contributed by atoms with Crippen molar-refractivity contribution in [3.63, 3.8) is 0 Å². The summed E-state index contributed by atoms with van der Waals surface area (Å²) in [7, 11) is 0. The van der Waals surface area contributed by atoms with E-state index in [1.54, 1.807) is 53.5 Å². The zero-order valence-electron chi connectivity index (χ0n) is 28.4. The number of fused-ring (bicyclic) bond motifs is 3. The van der Waals surface area contributed by atoms with Crippen LogP contribution >= 0.6 is 0 Å². The largest absolute Gasteiger partial charge is 1.00 e. The second-order valence-electron chi connectivity index (χ2n) is 16.1. The van der Waals surface area contributed by atoms with E-state index >= 15 is 0 Å². The van der Waals surface area contributed by atoms with Gasteiger partial charge < -0.3 is 24.8 Å². The molecule has 0 spiro atoms. The Morgan fingerprint density at radius 2 is 1.20 bits per heavy atom. The Kier molecular flexibility index (Phi) is 12.6. The average molecular weight is 727 g/mol. The molecular weight excluding hydrogens is 671 g/mol. The first-order valence-corrected chi connectivity index (χ1v) is 25.3. The molecule has 0 N–H and O–H groups in total. The molecule has 2 saturated carbocycles. The maximum absolute atomic E-state index is 2.83. The second kappa shape index (κ2) is 15.2. The van der Waals surface area contributed by atoms with Crippen LogP contribution in [0.15, 0.2) is 51.8 Å². The van der Waals surface area contributed by atoms with Crippen LogP contribution in [0.25, 0.3) is 11.1 Å². The molecule has 0 heterocycles. The standard InChI is InChI=1S/C21H25.C14H26Si.C5H5.2ClH.Zr/c1-20(2,3)16-9-7-14-11-15-8-10-17(21(4,5)6)13-19(15)18(14)12-16;1-2-6-10-13(9-5-1)15-14-11-7-3-4-8-12-14;1-2-4-5-3-1;;;/h7,9-10,12-13H,11H2,1-6H3;13-14H,1-12H2;1-3H,4H2;2*1H;/q;;;;;+2/p-2. The molecule has 0 nitrogen and oxygen atoms in total. The maximum atomic E-state index is 2.83. The van der Waals surface area contributed by atoms with Crippen LogP contribution in [0.2, 0.25) is 11.1 Å². The molecule has 238 valence electrons. The van der Waals surface area contributed by atoms with E-state index in [0.717, 1.165) is 11.1 Å². The number of halogens is 2. The fraction of sp³-hybridized carbons (Fsp3) is 0.600. The van der Waals surface area contributed by atoms with Gasteiger partial charge in [-0.1, -0.05) is 0 Å². The van der Waals surface area contributed by atoms with Crippen molar-refractivity contribution < 1.29 is 45.2 Å². The molecule has 6 rings (SSSR count). The van der Waals surface area contributed by atoms with Gasteiger partial charge in [-0.2, -0.15) is 0 Å². The monoisotopic (exact) mass is 724 g/mol. The third-order valence-corrected chi connectivity index (χ3v) is 33.2. The summed E-state index contributed by atoms with van der Waals surface area (Å²) < 4.78 is 3.91. The number of allylic oxidation sites excluding steroid dienone is 4. The first-order chi connectivity index (χ1) is 20.1. The van der Waals surface area contributed by atoms with Crippen molar-refractivity contribution in [3.8, 4) is 11.1 Å². The Bertz CT molecular complexity index is 1380. The number of rotatable bonds is 4. The Morgan fingerprint density at radius 3 is 1.70 bits per heavy atom. The van der Waals surface area contributed by atoms with Crippen molar-refractivity contribution in [2.24, 2.45) is 0 Å². The van der Waals surface area contributed by atoms with Crippen molar-refractivity contribution >= 4 is 8.70 Å². The Morgan fingerprint density at radius 1 is 0.659 bits per heavy atom. The molecule has 0 aliphatic heterocycles. The summed E-state index contributed by atoms with van der Waals surface area (Å²) in [6, 6.07) is 13.0. The van der Waals surface area contributed by atoms with Gasteiger partial charge in [0.2, 0.25) is 0 Å². The molecule has 0 saturated heterocycles. The molecule has 2 fully saturated rings. The van der Waals surface area contributed by atoms with Gasteiger partial charge in [0.15, 0.2) is 0 Å². The van der Waals surface area contributed by atoms with Gasteiger partial charge in [-0.25, -0.2) is 0 Å². The van der Waals surface area contributed by atoms with Gasteiger partial charge in [-0.3, -0.25) is 0 Å². The van der Waals surface area contributed by atoms with Gasteiger partial charge in [-0.15, -0.1) is 0 Å². The normalized spacial score (nSPS) is 19.0. The number of benzene rings is 2. The Balaban J connectivity index is 0.00000221.